The molecular formula is C26H30ClFN8. The Morgan fingerprint density at radius 3 is 2.86 bits per heavy atom. The lowest BCUT2D eigenvalue weighted by Crippen LogP contribution is -2.40. The molecule has 1 aliphatic heterocycles. The molecule has 1 saturated heterocycles. The van der Waals surface area contributed by atoms with E-state index in [-0.39, 0.29) is 11.0 Å². The Kier molecular flexibility index (Phi) is 6.36. The summed E-state index contributed by atoms with van der Waals surface area (Å²) in [5.41, 5.74) is 8.42. The molecule has 3 heterocycles. The molecule has 0 radical (unpaired) electrons. The van der Waals surface area contributed by atoms with Crippen LogP contribution in [0.3, 0.4) is 0 Å². The quantitative estimate of drug-likeness (QED) is 0.338. The summed E-state index contributed by atoms with van der Waals surface area (Å²) in [6, 6.07) is 7.13. The van der Waals surface area contributed by atoms with Gasteiger partial charge in [0, 0.05) is 48.2 Å². The molecule has 0 bridgehead atoms. The average Bonchev–Trinajstić information content (AvgIpc) is 3.57. The van der Waals surface area contributed by atoms with Crippen LogP contribution < -0.4 is 21.6 Å². The van der Waals surface area contributed by atoms with Gasteiger partial charge in [0.1, 0.15) is 6.07 Å². The van der Waals surface area contributed by atoms with Crippen LogP contribution in [0, 0.1) is 22.7 Å². The molecule has 0 amide bonds. The van der Waals surface area contributed by atoms with Crippen LogP contribution in [-0.2, 0) is 0 Å². The predicted octanol–water partition coefficient (Wildman–Crippen LogP) is 4.76. The molecule has 0 spiro atoms. The van der Waals surface area contributed by atoms with E-state index in [0.717, 1.165) is 12.8 Å². The first-order chi connectivity index (χ1) is 17.6. The SMILES string of the molecule is [2H]C(Nc1cc(Cl)c2ncc(C#N)c(NCC(C)(C)C)c2c1)(c1cccnc1F)C1CN(C2CC2)NN1. The Morgan fingerprint density at radius 2 is 2.17 bits per heavy atom. The molecule has 2 fully saturated rings. The van der Waals surface area contributed by atoms with E-state index in [1.54, 1.807) is 24.3 Å². The molecule has 2 atom stereocenters. The minimum Gasteiger partial charge on any atom is -0.383 e. The van der Waals surface area contributed by atoms with Crippen molar-refractivity contribution in [2.45, 2.75) is 51.7 Å². The number of hydrogen-bond acceptors (Lipinski definition) is 8. The van der Waals surface area contributed by atoms with E-state index in [1.165, 1.54) is 12.4 Å². The first-order valence-corrected chi connectivity index (χ1v) is 12.4. The van der Waals surface area contributed by atoms with Crippen LogP contribution in [0.2, 0.25) is 5.02 Å². The highest BCUT2D eigenvalue weighted by Gasteiger charge is 2.38. The van der Waals surface area contributed by atoms with Gasteiger partial charge in [0.05, 0.1) is 35.2 Å². The third-order valence-electron chi connectivity index (χ3n) is 6.27. The number of rotatable bonds is 7. The summed E-state index contributed by atoms with van der Waals surface area (Å²) in [5, 5.41) is 19.4. The first kappa shape index (κ1) is 23.4. The lowest BCUT2D eigenvalue weighted by Gasteiger charge is -2.26. The number of hydrazine groups is 2. The maximum Gasteiger partial charge on any atom is 0.218 e. The second-order valence-electron chi connectivity index (χ2n) is 10.5. The number of pyridine rings is 2. The lowest BCUT2D eigenvalue weighted by molar-refractivity contribution is 0.222. The minimum atomic E-state index is -1.63. The zero-order chi connectivity index (χ0) is 26.4. The maximum atomic E-state index is 15.0. The number of aromatic nitrogens is 2. The van der Waals surface area contributed by atoms with Crippen LogP contribution >= 0.6 is 11.6 Å². The van der Waals surface area contributed by atoms with Gasteiger partial charge in [-0.25, -0.2) is 15.4 Å². The standard InChI is InChI=1S/C26H30ClFN8/c1-26(2,3)14-32-22-15(11-29)12-31-23-19(22)9-16(10-20(23)27)33-24(18-5-4-8-30-25(18)28)21-13-36(35-34-21)17-6-7-17/h4-5,8-10,12,17,21,24,33-35H,6-7,13-14H2,1-3H3,(H,31,32)/i24D. The molecule has 5 rings (SSSR count). The maximum absolute atomic E-state index is 15.0. The van der Waals surface area contributed by atoms with Gasteiger partial charge in [-0.3, -0.25) is 4.98 Å². The zero-order valence-electron chi connectivity index (χ0n) is 21.5. The first-order valence-electron chi connectivity index (χ1n) is 12.5. The highest BCUT2D eigenvalue weighted by molar-refractivity contribution is 6.35. The Balaban J connectivity index is 1.58. The van der Waals surface area contributed by atoms with Crippen LogP contribution in [0.5, 0.6) is 0 Å². The second-order valence-corrected chi connectivity index (χ2v) is 10.9. The van der Waals surface area contributed by atoms with Gasteiger partial charge < -0.3 is 10.6 Å². The van der Waals surface area contributed by atoms with Crippen molar-refractivity contribution in [1.82, 2.24) is 25.9 Å². The van der Waals surface area contributed by atoms with Crippen molar-refractivity contribution in [1.29, 1.82) is 5.26 Å². The molecule has 10 heteroatoms. The number of nitrogens with zero attached hydrogens (tertiary/aromatic N) is 4. The Hall–Kier alpha value is -3.03. The number of nitrogens with one attached hydrogen (secondary N) is 4. The minimum absolute atomic E-state index is 0.0370. The Labute approximate surface area is 216 Å². The zero-order valence-corrected chi connectivity index (χ0v) is 21.2. The summed E-state index contributed by atoms with van der Waals surface area (Å²) in [6.45, 7) is 7.41. The van der Waals surface area contributed by atoms with Crippen molar-refractivity contribution in [3.05, 3.63) is 58.8 Å². The van der Waals surface area contributed by atoms with Crippen molar-refractivity contribution >= 4 is 33.9 Å². The van der Waals surface area contributed by atoms with Crippen LogP contribution in [0.25, 0.3) is 10.9 Å². The van der Waals surface area contributed by atoms with Gasteiger partial charge in [-0.05, 0) is 36.5 Å². The molecule has 2 aliphatic rings. The van der Waals surface area contributed by atoms with E-state index in [9.17, 15) is 6.63 Å². The third-order valence-corrected chi connectivity index (χ3v) is 6.55. The number of benzene rings is 1. The van der Waals surface area contributed by atoms with E-state index in [1.807, 2.05) is 0 Å². The fourth-order valence-electron chi connectivity index (χ4n) is 4.28. The number of anilines is 2. The molecule has 1 aromatic carbocycles. The Bertz CT molecular complexity index is 1370. The van der Waals surface area contributed by atoms with Crippen molar-refractivity contribution in [2.24, 2.45) is 5.41 Å². The lowest BCUT2D eigenvalue weighted by atomic mass is 9.96. The van der Waals surface area contributed by atoms with Crippen LogP contribution in [-0.4, -0.2) is 40.2 Å². The van der Waals surface area contributed by atoms with Gasteiger partial charge in [-0.1, -0.05) is 38.4 Å². The Morgan fingerprint density at radius 1 is 1.36 bits per heavy atom. The second kappa shape index (κ2) is 9.79. The number of hydrogen-bond donors (Lipinski definition) is 4. The highest BCUT2D eigenvalue weighted by atomic mass is 35.5. The molecule has 4 N–H and O–H groups in total. The van der Waals surface area contributed by atoms with Gasteiger partial charge in [0.25, 0.3) is 0 Å². The van der Waals surface area contributed by atoms with Gasteiger partial charge in [-0.15, -0.1) is 0 Å². The number of nitriles is 1. The van der Waals surface area contributed by atoms with Crippen LogP contribution in [0.15, 0.2) is 36.7 Å². The van der Waals surface area contributed by atoms with Crippen LogP contribution in [0.1, 0.15) is 52.1 Å². The summed E-state index contributed by atoms with van der Waals surface area (Å²) in [5.74, 6) is -0.718. The normalized spacial score (nSPS) is 20.6. The topological polar surface area (TPSA) is 101 Å². The molecular weight excluding hydrogens is 479 g/mol. The molecule has 1 saturated carbocycles. The summed E-state index contributed by atoms with van der Waals surface area (Å²) in [7, 11) is 0. The number of fused-ring (bicyclic) bond motifs is 1. The molecule has 8 nitrogen and oxygen atoms in total. The van der Waals surface area contributed by atoms with Crippen molar-refractivity contribution in [3.8, 4) is 6.07 Å². The van der Waals surface area contributed by atoms with Crippen molar-refractivity contribution in [3.63, 3.8) is 0 Å². The number of halogens is 2. The fraction of sp³-hybridized carbons (Fsp3) is 0.423. The fourth-order valence-corrected chi connectivity index (χ4v) is 4.55. The molecule has 188 valence electrons. The summed E-state index contributed by atoms with van der Waals surface area (Å²) < 4.78 is 24.5. The van der Waals surface area contributed by atoms with Gasteiger partial charge in [0.15, 0.2) is 0 Å². The van der Waals surface area contributed by atoms with Crippen molar-refractivity contribution < 1.29 is 5.76 Å². The van der Waals surface area contributed by atoms with E-state index in [4.69, 9.17) is 11.6 Å². The summed E-state index contributed by atoms with van der Waals surface area (Å²) in [6.07, 6.45) is 5.04. The van der Waals surface area contributed by atoms with E-state index in [0.29, 0.717) is 52.0 Å². The van der Waals surface area contributed by atoms with Gasteiger partial charge in [0.2, 0.25) is 5.95 Å². The average molecular weight is 510 g/mol. The van der Waals surface area contributed by atoms with E-state index < -0.39 is 18.0 Å². The summed E-state index contributed by atoms with van der Waals surface area (Å²) in [4.78, 5) is 8.22. The predicted molar refractivity (Wildman–Crippen MR) is 140 cm³/mol. The molecule has 2 unspecified atom stereocenters. The van der Waals surface area contributed by atoms with E-state index in [2.05, 4.69) is 63.4 Å². The molecule has 36 heavy (non-hydrogen) atoms. The van der Waals surface area contributed by atoms with Gasteiger partial charge in [-0.2, -0.15) is 15.2 Å². The monoisotopic (exact) mass is 509 g/mol. The van der Waals surface area contributed by atoms with Crippen molar-refractivity contribution in [2.75, 3.05) is 23.7 Å². The van der Waals surface area contributed by atoms with E-state index >= 15 is 4.39 Å². The largest absolute Gasteiger partial charge is 0.383 e. The van der Waals surface area contributed by atoms with Gasteiger partial charge >= 0.3 is 0 Å². The third kappa shape index (κ3) is 5.22. The summed E-state index contributed by atoms with van der Waals surface area (Å²) >= 11 is 6.66. The smallest absolute Gasteiger partial charge is 0.218 e. The molecule has 2 aromatic heterocycles. The highest BCUT2D eigenvalue weighted by Crippen LogP contribution is 2.36. The molecule has 3 aromatic rings. The molecule has 1 aliphatic carbocycles. The van der Waals surface area contributed by atoms with Crippen LogP contribution in [0.4, 0.5) is 15.8 Å².